The van der Waals surface area contributed by atoms with Gasteiger partial charge in [-0.15, -0.1) is 0 Å². The first-order chi connectivity index (χ1) is 9.38. The molecular weight excluding hydrogens is 303 g/mol. The second-order valence-corrected chi connectivity index (χ2v) is 5.75. The van der Waals surface area contributed by atoms with Crippen LogP contribution in [0.2, 0.25) is 10.0 Å². The van der Waals surface area contributed by atoms with E-state index in [2.05, 4.69) is 10.6 Å². The molecule has 0 aliphatic heterocycles. The molecule has 1 aliphatic carbocycles. The summed E-state index contributed by atoms with van der Waals surface area (Å²) in [6.07, 6.45) is 2.21. The summed E-state index contributed by atoms with van der Waals surface area (Å²) in [4.78, 5) is 23.3. The summed E-state index contributed by atoms with van der Waals surface area (Å²) in [6.45, 7) is 0.0789. The van der Waals surface area contributed by atoms with E-state index in [9.17, 15) is 14.7 Å². The SMILES string of the molecule is O=C(NCC1(O)CCC1)C(=O)Nc1cc(Cl)cc(Cl)c1. The van der Waals surface area contributed by atoms with Crippen molar-refractivity contribution in [1.82, 2.24) is 5.32 Å². The molecule has 3 N–H and O–H groups in total. The number of amides is 2. The fourth-order valence-corrected chi connectivity index (χ4v) is 2.43. The van der Waals surface area contributed by atoms with Gasteiger partial charge in [-0.3, -0.25) is 9.59 Å². The van der Waals surface area contributed by atoms with Crippen molar-refractivity contribution < 1.29 is 14.7 Å². The third kappa shape index (κ3) is 3.85. The Balaban J connectivity index is 1.88. The van der Waals surface area contributed by atoms with Crippen LogP contribution >= 0.6 is 23.2 Å². The number of hydrogen-bond acceptors (Lipinski definition) is 3. The van der Waals surface area contributed by atoms with Gasteiger partial charge in [0.25, 0.3) is 0 Å². The molecule has 0 bridgehead atoms. The largest absolute Gasteiger partial charge is 0.388 e. The van der Waals surface area contributed by atoms with Crippen molar-refractivity contribution in [2.24, 2.45) is 0 Å². The predicted octanol–water partition coefficient (Wildman–Crippen LogP) is 1.96. The van der Waals surface area contributed by atoms with Gasteiger partial charge in [0.1, 0.15) is 0 Å². The number of halogens is 2. The lowest BCUT2D eigenvalue weighted by atomic mass is 9.80. The zero-order chi connectivity index (χ0) is 14.8. The summed E-state index contributed by atoms with van der Waals surface area (Å²) in [5.41, 5.74) is -0.528. The molecule has 1 aliphatic rings. The van der Waals surface area contributed by atoms with Gasteiger partial charge in [-0.25, -0.2) is 0 Å². The number of hydrogen-bond donors (Lipinski definition) is 3. The predicted molar refractivity (Wildman–Crippen MR) is 76.9 cm³/mol. The van der Waals surface area contributed by atoms with Crippen molar-refractivity contribution in [3.05, 3.63) is 28.2 Å². The molecule has 0 atom stereocenters. The Morgan fingerprint density at radius 2 is 1.75 bits per heavy atom. The highest BCUT2D eigenvalue weighted by molar-refractivity contribution is 6.40. The molecule has 20 heavy (non-hydrogen) atoms. The maximum Gasteiger partial charge on any atom is 0.313 e. The van der Waals surface area contributed by atoms with Crippen molar-refractivity contribution in [3.63, 3.8) is 0 Å². The Kier molecular flexibility index (Phi) is 4.52. The summed E-state index contributed by atoms with van der Waals surface area (Å²) in [6, 6.07) is 4.49. The number of benzene rings is 1. The van der Waals surface area contributed by atoms with Crippen molar-refractivity contribution >= 4 is 40.7 Å². The molecule has 7 heteroatoms. The van der Waals surface area contributed by atoms with E-state index >= 15 is 0 Å². The second-order valence-electron chi connectivity index (χ2n) is 4.87. The lowest BCUT2D eigenvalue weighted by Gasteiger charge is -2.36. The van der Waals surface area contributed by atoms with Gasteiger partial charge in [0.05, 0.1) is 5.60 Å². The fourth-order valence-electron chi connectivity index (χ4n) is 1.90. The van der Waals surface area contributed by atoms with Crippen LogP contribution in [0.15, 0.2) is 18.2 Å². The summed E-state index contributed by atoms with van der Waals surface area (Å²) in [5.74, 6) is -1.63. The number of carbonyl (C=O) groups is 2. The number of aliphatic hydroxyl groups is 1. The van der Waals surface area contributed by atoms with E-state index < -0.39 is 17.4 Å². The van der Waals surface area contributed by atoms with Crippen LogP contribution in [-0.2, 0) is 9.59 Å². The Morgan fingerprint density at radius 1 is 1.15 bits per heavy atom. The van der Waals surface area contributed by atoms with Crippen LogP contribution in [0.3, 0.4) is 0 Å². The first-order valence-corrected chi connectivity index (χ1v) is 6.91. The molecule has 1 saturated carbocycles. The summed E-state index contributed by atoms with van der Waals surface area (Å²) < 4.78 is 0. The summed E-state index contributed by atoms with van der Waals surface area (Å²) in [5, 5.41) is 15.3. The lowest BCUT2D eigenvalue weighted by molar-refractivity contribution is -0.137. The van der Waals surface area contributed by atoms with Crippen molar-refractivity contribution in [1.29, 1.82) is 0 Å². The molecule has 2 amide bonds. The summed E-state index contributed by atoms with van der Waals surface area (Å²) in [7, 11) is 0. The Labute approximate surface area is 126 Å². The van der Waals surface area contributed by atoms with E-state index in [-0.39, 0.29) is 6.54 Å². The molecule has 0 heterocycles. The Bertz CT molecular complexity index is 524. The van der Waals surface area contributed by atoms with Gasteiger partial charge in [-0.2, -0.15) is 0 Å². The van der Waals surface area contributed by atoms with E-state index in [1.165, 1.54) is 18.2 Å². The number of nitrogens with one attached hydrogen (secondary N) is 2. The van der Waals surface area contributed by atoms with Crippen LogP contribution in [0.1, 0.15) is 19.3 Å². The number of carbonyl (C=O) groups excluding carboxylic acids is 2. The molecule has 0 saturated heterocycles. The number of anilines is 1. The first-order valence-electron chi connectivity index (χ1n) is 6.16. The highest BCUT2D eigenvalue weighted by Crippen LogP contribution is 2.30. The summed E-state index contributed by atoms with van der Waals surface area (Å²) >= 11 is 11.6. The smallest absolute Gasteiger partial charge is 0.313 e. The normalized spacial score (nSPS) is 16.1. The van der Waals surface area contributed by atoms with Crippen LogP contribution in [-0.4, -0.2) is 29.1 Å². The standard InChI is InChI=1S/C13H14Cl2N2O3/c14-8-4-9(15)6-10(5-8)17-12(19)11(18)16-7-13(20)2-1-3-13/h4-6,20H,1-3,7H2,(H,16,18)(H,17,19). The van der Waals surface area contributed by atoms with Gasteiger partial charge in [0, 0.05) is 22.3 Å². The third-order valence-electron chi connectivity index (χ3n) is 3.19. The Morgan fingerprint density at radius 3 is 2.25 bits per heavy atom. The topological polar surface area (TPSA) is 78.4 Å². The highest BCUT2D eigenvalue weighted by Gasteiger charge is 2.35. The highest BCUT2D eigenvalue weighted by atomic mass is 35.5. The van der Waals surface area contributed by atoms with Crippen molar-refractivity contribution in [2.75, 3.05) is 11.9 Å². The minimum Gasteiger partial charge on any atom is -0.388 e. The van der Waals surface area contributed by atoms with Gasteiger partial charge in [-0.1, -0.05) is 23.2 Å². The molecule has 1 fully saturated rings. The maximum atomic E-state index is 11.7. The molecule has 0 spiro atoms. The van der Waals surface area contributed by atoms with Crippen molar-refractivity contribution in [2.45, 2.75) is 24.9 Å². The quantitative estimate of drug-likeness (QED) is 0.746. The molecule has 108 valence electrons. The van der Waals surface area contributed by atoms with Crippen LogP contribution < -0.4 is 10.6 Å². The average molecular weight is 317 g/mol. The molecule has 2 rings (SSSR count). The van der Waals surface area contributed by atoms with Gasteiger partial charge >= 0.3 is 11.8 Å². The minimum atomic E-state index is -0.866. The molecule has 0 aromatic heterocycles. The maximum absolute atomic E-state index is 11.7. The molecule has 0 unspecified atom stereocenters. The van der Waals surface area contributed by atoms with E-state index in [4.69, 9.17) is 23.2 Å². The van der Waals surface area contributed by atoms with Crippen LogP contribution in [0.5, 0.6) is 0 Å². The fraction of sp³-hybridized carbons (Fsp3) is 0.385. The van der Waals surface area contributed by atoms with Gasteiger partial charge in [-0.05, 0) is 37.5 Å². The zero-order valence-corrected chi connectivity index (χ0v) is 12.1. The molecule has 5 nitrogen and oxygen atoms in total. The average Bonchev–Trinajstić information content (AvgIpc) is 2.32. The lowest BCUT2D eigenvalue weighted by Crippen LogP contribution is -2.49. The number of rotatable bonds is 3. The minimum absolute atomic E-state index is 0.0789. The monoisotopic (exact) mass is 316 g/mol. The molecule has 1 aromatic rings. The van der Waals surface area contributed by atoms with Crippen LogP contribution in [0.25, 0.3) is 0 Å². The van der Waals surface area contributed by atoms with Gasteiger partial charge < -0.3 is 15.7 Å². The van der Waals surface area contributed by atoms with Crippen LogP contribution in [0, 0.1) is 0 Å². The van der Waals surface area contributed by atoms with E-state index in [0.717, 1.165) is 6.42 Å². The van der Waals surface area contributed by atoms with Crippen molar-refractivity contribution in [3.8, 4) is 0 Å². The third-order valence-corrected chi connectivity index (χ3v) is 3.63. The van der Waals surface area contributed by atoms with Gasteiger partial charge in [0.15, 0.2) is 0 Å². The second kappa shape index (κ2) is 5.99. The van der Waals surface area contributed by atoms with E-state index in [1.54, 1.807) is 0 Å². The molecule has 1 aromatic carbocycles. The van der Waals surface area contributed by atoms with Crippen LogP contribution in [0.4, 0.5) is 5.69 Å². The molecule has 0 radical (unpaired) electrons. The molecular formula is C13H14Cl2N2O3. The Hall–Kier alpha value is -1.30. The zero-order valence-electron chi connectivity index (χ0n) is 10.6. The first kappa shape index (κ1) is 15.1. The van der Waals surface area contributed by atoms with E-state index in [0.29, 0.717) is 28.6 Å². The van der Waals surface area contributed by atoms with Gasteiger partial charge in [0.2, 0.25) is 0 Å². The van der Waals surface area contributed by atoms with E-state index in [1.807, 2.05) is 0 Å².